The summed E-state index contributed by atoms with van der Waals surface area (Å²) in [5, 5.41) is 11.8. The minimum Gasteiger partial charge on any atom is -0.510 e. The van der Waals surface area contributed by atoms with Crippen LogP contribution >= 0.6 is 0 Å². The van der Waals surface area contributed by atoms with Gasteiger partial charge in [0.25, 0.3) is 0 Å². The predicted molar refractivity (Wildman–Crippen MR) is 57.9 cm³/mol. The van der Waals surface area contributed by atoms with Gasteiger partial charge in [-0.05, 0) is 19.0 Å². The number of nitrogens with zero attached hydrogens (tertiary/aromatic N) is 1. The molecule has 0 spiro atoms. The molecule has 0 aromatic rings. The summed E-state index contributed by atoms with van der Waals surface area (Å²) in [7, 11) is 0. The predicted octanol–water partition coefficient (Wildman–Crippen LogP) is 1.43. The number of aliphatic hydroxyl groups excluding tert-OH is 1. The van der Waals surface area contributed by atoms with Crippen molar-refractivity contribution in [1.82, 2.24) is 0 Å². The first-order valence-electron chi connectivity index (χ1n) is 5.14. The van der Waals surface area contributed by atoms with E-state index >= 15 is 0 Å². The van der Waals surface area contributed by atoms with E-state index in [2.05, 4.69) is 14.7 Å². The molecule has 0 rings (SSSR count). The molecular weight excluding hydrogens is 230 g/mol. The van der Waals surface area contributed by atoms with Crippen molar-refractivity contribution < 1.29 is 24.2 Å². The van der Waals surface area contributed by atoms with Gasteiger partial charge in [0.15, 0.2) is 0 Å². The van der Waals surface area contributed by atoms with Crippen molar-refractivity contribution in [3.05, 3.63) is 16.4 Å². The van der Waals surface area contributed by atoms with Gasteiger partial charge in [-0.15, -0.1) is 4.91 Å². The Kier molecular flexibility index (Phi) is 7.32. The molecule has 0 aliphatic carbocycles. The maximum atomic E-state index is 11.1. The van der Waals surface area contributed by atoms with Gasteiger partial charge in [0.05, 0.1) is 19.6 Å². The molecule has 0 heterocycles. The number of esters is 2. The first-order chi connectivity index (χ1) is 8.06. The third-order valence-electron chi connectivity index (χ3n) is 1.70. The zero-order chi connectivity index (χ0) is 13.3. The first-order valence-corrected chi connectivity index (χ1v) is 5.14. The third kappa shape index (κ3) is 5.64. The monoisotopic (exact) mass is 245 g/mol. The number of hydrogen-bond acceptors (Lipinski definition) is 7. The van der Waals surface area contributed by atoms with Crippen LogP contribution in [-0.2, 0) is 19.1 Å². The van der Waals surface area contributed by atoms with E-state index in [0.29, 0.717) is 0 Å². The van der Waals surface area contributed by atoms with Crippen LogP contribution in [0.5, 0.6) is 0 Å². The fourth-order valence-electron chi connectivity index (χ4n) is 0.979. The van der Waals surface area contributed by atoms with Crippen LogP contribution in [0.3, 0.4) is 0 Å². The average Bonchev–Trinajstić information content (AvgIpc) is 2.28. The topological polar surface area (TPSA) is 102 Å². The van der Waals surface area contributed by atoms with E-state index in [4.69, 9.17) is 0 Å². The Morgan fingerprint density at radius 1 is 1.12 bits per heavy atom. The summed E-state index contributed by atoms with van der Waals surface area (Å²) in [6, 6.07) is 0. The fourth-order valence-corrected chi connectivity index (χ4v) is 0.979. The molecule has 0 saturated carbocycles. The van der Waals surface area contributed by atoms with Crippen LogP contribution < -0.4 is 0 Å². The van der Waals surface area contributed by atoms with Gasteiger partial charge in [-0.3, -0.25) is 4.79 Å². The maximum absolute atomic E-state index is 11.1. The van der Waals surface area contributed by atoms with Gasteiger partial charge in [0.1, 0.15) is 5.76 Å². The molecule has 0 atom stereocenters. The molecule has 0 fully saturated rings. The number of carbonyl (C=O) groups is 2. The van der Waals surface area contributed by atoms with Gasteiger partial charge in [-0.25, -0.2) is 4.79 Å². The van der Waals surface area contributed by atoms with E-state index < -0.39 is 23.4 Å². The molecule has 0 amide bonds. The molecule has 0 aliphatic rings. The third-order valence-corrected chi connectivity index (χ3v) is 1.70. The van der Waals surface area contributed by atoms with E-state index in [9.17, 15) is 19.6 Å². The lowest BCUT2D eigenvalue weighted by atomic mass is 10.2. The number of allylic oxidation sites excluding steroid dienone is 1. The summed E-state index contributed by atoms with van der Waals surface area (Å²) in [5.41, 5.74) is -0.712. The van der Waals surface area contributed by atoms with E-state index in [-0.39, 0.29) is 26.1 Å². The lowest BCUT2D eigenvalue weighted by Gasteiger charge is -2.04. The summed E-state index contributed by atoms with van der Waals surface area (Å²) in [6.45, 7) is 3.48. The molecule has 0 bridgehead atoms. The van der Waals surface area contributed by atoms with Crippen LogP contribution in [0.15, 0.2) is 16.6 Å². The Bertz CT molecular complexity index is 323. The maximum Gasteiger partial charge on any atom is 0.364 e. The highest BCUT2D eigenvalue weighted by molar-refractivity contribution is 5.88. The lowest BCUT2D eigenvalue weighted by Crippen LogP contribution is -2.10. The molecule has 96 valence electrons. The van der Waals surface area contributed by atoms with Crippen molar-refractivity contribution in [1.29, 1.82) is 0 Å². The number of hydrogen-bond donors (Lipinski definition) is 1. The normalized spacial score (nSPS) is 11.4. The SMILES string of the molecule is CCOC(=O)CCC(O)=C(N=O)C(=O)OCC. The molecule has 0 unspecified atom stereocenters. The molecule has 0 aliphatic heterocycles. The molecule has 0 radical (unpaired) electrons. The van der Waals surface area contributed by atoms with Crippen LogP contribution in [0.25, 0.3) is 0 Å². The summed E-state index contributed by atoms with van der Waals surface area (Å²) in [4.78, 5) is 32.5. The van der Waals surface area contributed by atoms with Crippen LogP contribution in [0.2, 0.25) is 0 Å². The van der Waals surface area contributed by atoms with Crippen LogP contribution in [-0.4, -0.2) is 30.3 Å². The van der Waals surface area contributed by atoms with Gasteiger partial charge in [-0.2, -0.15) is 0 Å². The van der Waals surface area contributed by atoms with Gasteiger partial charge >= 0.3 is 11.9 Å². The molecule has 0 aromatic heterocycles. The molecule has 7 heteroatoms. The van der Waals surface area contributed by atoms with Crippen LogP contribution in [0.4, 0.5) is 0 Å². The van der Waals surface area contributed by atoms with Crippen molar-refractivity contribution in [3.8, 4) is 0 Å². The number of carbonyl (C=O) groups excluding carboxylic acids is 2. The van der Waals surface area contributed by atoms with Crippen LogP contribution in [0, 0.1) is 4.91 Å². The van der Waals surface area contributed by atoms with E-state index in [0.717, 1.165) is 0 Å². The molecular formula is C10H15NO6. The summed E-state index contributed by atoms with van der Waals surface area (Å²) in [6.07, 6.45) is -0.336. The number of ether oxygens (including phenoxy) is 2. The summed E-state index contributed by atoms with van der Waals surface area (Å²) in [5.74, 6) is -2.12. The highest BCUT2D eigenvalue weighted by Gasteiger charge is 2.18. The second-order valence-electron chi connectivity index (χ2n) is 2.91. The highest BCUT2D eigenvalue weighted by Crippen LogP contribution is 2.12. The molecule has 17 heavy (non-hydrogen) atoms. The molecule has 0 aromatic carbocycles. The molecule has 7 nitrogen and oxygen atoms in total. The van der Waals surface area contributed by atoms with Gasteiger partial charge < -0.3 is 14.6 Å². The molecule has 0 saturated heterocycles. The largest absolute Gasteiger partial charge is 0.510 e. The number of aliphatic hydroxyl groups is 1. The second-order valence-corrected chi connectivity index (χ2v) is 2.91. The fraction of sp³-hybridized carbons (Fsp3) is 0.600. The zero-order valence-electron chi connectivity index (χ0n) is 9.76. The second kappa shape index (κ2) is 8.26. The lowest BCUT2D eigenvalue weighted by molar-refractivity contribution is -0.143. The van der Waals surface area contributed by atoms with Gasteiger partial charge in [0.2, 0.25) is 5.70 Å². The Balaban J connectivity index is 4.48. The van der Waals surface area contributed by atoms with Crippen molar-refractivity contribution in [2.75, 3.05) is 13.2 Å². The van der Waals surface area contributed by atoms with Crippen molar-refractivity contribution in [2.24, 2.45) is 5.18 Å². The van der Waals surface area contributed by atoms with Crippen molar-refractivity contribution >= 4 is 11.9 Å². The van der Waals surface area contributed by atoms with Gasteiger partial charge in [0, 0.05) is 6.42 Å². The average molecular weight is 245 g/mol. The Morgan fingerprint density at radius 3 is 2.18 bits per heavy atom. The van der Waals surface area contributed by atoms with Crippen molar-refractivity contribution in [2.45, 2.75) is 26.7 Å². The highest BCUT2D eigenvalue weighted by atomic mass is 16.5. The Morgan fingerprint density at radius 2 is 1.71 bits per heavy atom. The number of rotatable bonds is 7. The minimum absolute atomic E-state index is 0.0585. The van der Waals surface area contributed by atoms with E-state index in [1.54, 1.807) is 13.8 Å². The number of nitroso groups, excluding NO2 is 1. The minimum atomic E-state index is -1.01. The zero-order valence-corrected chi connectivity index (χ0v) is 9.76. The van der Waals surface area contributed by atoms with Crippen molar-refractivity contribution in [3.63, 3.8) is 0 Å². The smallest absolute Gasteiger partial charge is 0.364 e. The molecule has 1 N–H and O–H groups in total. The Labute approximate surface area is 98.4 Å². The first kappa shape index (κ1) is 15.1. The van der Waals surface area contributed by atoms with E-state index in [1.165, 1.54) is 0 Å². The van der Waals surface area contributed by atoms with E-state index in [1.807, 2.05) is 0 Å². The quantitative estimate of drug-likeness (QED) is 0.315. The Hall–Kier alpha value is -1.92. The summed E-state index contributed by atoms with van der Waals surface area (Å²) >= 11 is 0. The van der Waals surface area contributed by atoms with Gasteiger partial charge in [-0.1, -0.05) is 0 Å². The standard InChI is InChI=1S/C10H15NO6/c1-3-16-8(13)6-5-7(12)9(11-15)10(14)17-4-2/h12H,3-6H2,1-2H3. The van der Waals surface area contributed by atoms with Crippen LogP contribution in [0.1, 0.15) is 26.7 Å². The summed E-state index contributed by atoms with van der Waals surface area (Å²) < 4.78 is 9.12.